The molecule has 1 atom stereocenters. The maximum Gasteiger partial charge on any atom is 0.334 e. The van der Waals surface area contributed by atoms with Gasteiger partial charge in [0, 0.05) is 35.7 Å². The summed E-state index contributed by atoms with van der Waals surface area (Å²) in [5, 5.41) is 0. The number of para-hydroxylation sites is 1. The second-order valence-electron chi connectivity index (χ2n) is 8.50. The van der Waals surface area contributed by atoms with E-state index in [1.165, 1.54) is 48.6 Å². The van der Waals surface area contributed by atoms with Crippen LogP contribution >= 0.6 is 0 Å². The van der Waals surface area contributed by atoms with Gasteiger partial charge in [0.2, 0.25) is 0 Å². The van der Waals surface area contributed by atoms with Gasteiger partial charge in [-0.1, -0.05) is 18.2 Å². The summed E-state index contributed by atoms with van der Waals surface area (Å²) >= 11 is 0. The van der Waals surface area contributed by atoms with Gasteiger partial charge in [0.1, 0.15) is 11.8 Å². The van der Waals surface area contributed by atoms with Gasteiger partial charge in [-0.05, 0) is 67.6 Å². The monoisotopic (exact) mass is 507 g/mol. The SMILES string of the molecule is C[C@@H](C(=O)Oc1ccc(N2C(=O)C=CC2=O)cc1)N(c1ccccc1)c1ccc(N2C(=O)C=CC2=O)cc1. The van der Waals surface area contributed by atoms with E-state index in [9.17, 15) is 24.0 Å². The van der Waals surface area contributed by atoms with Crippen LogP contribution in [0.2, 0.25) is 0 Å². The van der Waals surface area contributed by atoms with Crippen molar-refractivity contribution < 1.29 is 28.7 Å². The molecule has 0 bridgehead atoms. The second kappa shape index (κ2) is 9.98. The maximum absolute atomic E-state index is 13.2. The Balaban J connectivity index is 1.36. The average Bonchev–Trinajstić information content (AvgIpc) is 3.45. The van der Waals surface area contributed by atoms with Crippen molar-refractivity contribution in [2.75, 3.05) is 14.7 Å². The maximum atomic E-state index is 13.2. The number of esters is 1. The highest BCUT2D eigenvalue weighted by Gasteiger charge is 2.28. The number of benzene rings is 3. The van der Waals surface area contributed by atoms with E-state index in [1.807, 2.05) is 30.3 Å². The van der Waals surface area contributed by atoms with Crippen LogP contribution in [0.15, 0.2) is 103 Å². The molecule has 38 heavy (non-hydrogen) atoms. The summed E-state index contributed by atoms with van der Waals surface area (Å²) in [5.41, 5.74) is 2.16. The van der Waals surface area contributed by atoms with Crippen LogP contribution in [-0.2, 0) is 24.0 Å². The number of hydrogen-bond acceptors (Lipinski definition) is 7. The van der Waals surface area contributed by atoms with E-state index in [0.29, 0.717) is 17.1 Å². The minimum atomic E-state index is -0.773. The molecular weight excluding hydrogens is 486 g/mol. The summed E-state index contributed by atoms with van der Waals surface area (Å²) in [6.07, 6.45) is 4.82. The Labute approximate surface area is 217 Å². The minimum absolute atomic E-state index is 0.250. The van der Waals surface area contributed by atoms with E-state index in [-0.39, 0.29) is 5.75 Å². The summed E-state index contributed by atoms with van der Waals surface area (Å²) < 4.78 is 5.61. The van der Waals surface area contributed by atoms with Crippen LogP contribution in [0.5, 0.6) is 5.75 Å². The van der Waals surface area contributed by atoms with Crippen molar-refractivity contribution in [1.82, 2.24) is 0 Å². The predicted molar refractivity (Wildman–Crippen MR) is 140 cm³/mol. The van der Waals surface area contributed by atoms with Crippen LogP contribution in [0.25, 0.3) is 0 Å². The summed E-state index contributed by atoms with van der Waals surface area (Å²) in [6, 6.07) is 21.3. The minimum Gasteiger partial charge on any atom is -0.425 e. The number of amides is 4. The van der Waals surface area contributed by atoms with Gasteiger partial charge in [-0.2, -0.15) is 0 Å². The summed E-state index contributed by atoms with van der Waals surface area (Å²) in [7, 11) is 0. The van der Waals surface area contributed by atoms with Crippen molar-refractivity contribution >= 4 is 52.3 Å². The summed E-state index contributed by atoms with van der Waals surface area (Å²) in [6.45, 7) is 1.70. The normalized spacial score (nSPS) is 15.4. The van der Waals surface area contributed by atoms with E-state index in [2.05, 4.69) is 0 Å². The fourth-order valence-electron chi connectivity index (χ4n) is 4.23. The average molecular weight is 508 g/mol. The molecule has 0 saturated heterocycles. The number of imide groups is 2. The molecular formula is C29H21N3O6. The summed E-state index contributed by atoms with van der Waals surface area (Å²) in [5.74, 6) is -2.00. The molecule has 188 valence electrons. The van der Waals surface area contributed by atoms with Gasteiger partial charge in [0.05, 0.1) is 11.4 Å². The number of carbonyl (C=O) groups excluding carboxylic acids is 5. The third-order valence-electron chi connectivity index (χ3n) is 6.08. The zero-order chi connectivity index (χ0) is 26.8. The molecule has 2 aliphatic rings. The largest absolute Gasteiger partial charge is 0.425 e. The molecule has 0 spiro atoms. The van der Waals surface area contributed by atoms with Gasteiger partial charge in [-0.15, -0.1) is 0 Å². The second-order valence-corrected chi connectivity index (χ2v) is 8.50. The van der Waals surface area contributed by atoms with Gasteiger partial charge >= 0.3 is 5.97 Å². The van der Waals surface area contributed by atoms with Crippen LogP contribution in [0.4, 0.5) is 22.7 Å². The molecule has 2 aliphatic heterocycles. The van der Waals surface area contributed by atoms with Gasteiger partial charge < -0.3 is 9.64 Å². The Kier molecular flexibility index (Phi) is 6.40. The Hall–Kier alpha value is -5.31. The fraction of sp³-hybridized carbons (Fsp3) is 0.0690. The highest BCUT2D eigenvalue weighted by atomic mass is 16.5. The van der Waals surface area contributed by atoms with Crippen LogP contribution in [0, 0.1) is 0 Å². The number of hydrogen-bond donors (Lipinski definition) is 0. The number of nitrogens with zero attached hydrogens (tertiary/aromatic N) is 3. The number of carbonyl (C=O) groups is 5. The molecule has 0 aliphatic carbocycles. The fourth-order valence-corrected chi connectivity index (χ4v) is 4.23. The number of ether oxygens (including phenoxy) is 1. The lowest BCUT2D eigenvalue weighted by Crippen LogP contribution is -2.38. The number of anilines is 4. The third kappa shape index (κ3) is 4.60. The van der Waals surface area contributed by atoms with Crippen molar-refractivity contribution in [3.63, 3.8) is 0 Å². The van der Waals surface area contributed by atoms with E-state index in [1.54, 1.807) is 36.1 Å². The highest BCUT2D eigenvalue weighted by molar-refractivity contribution is 6.28. The molecule has 3 aromatic rings. The van der Waals surface area contributed by atoms with Crippen molar-refractivity contribution in [2.24, 2.45) is 0 Å². The van der Waals surface area contributed by atoms with Crippen molar-refractivity contribution in [1.29, 1.82) is 0 Å². The molecule has 9 heteroatoms. The van der Waals surface area contributed by atoms with Gasteiger partial charge in [0.15, 0.2) is 0 Å². The number of rotatable bonds is 7. The molecule has 0 unspecified atom stereocenters. The van der Waals surface area contributed by atoms with Crippen LogP contribution < -0.4 is 19.4 Å². The molecule has 4 amide bonds. The van der Waals surface area contributed by atoms with E-state index < -0.39 is 35.6 Å². The Morgan fingerprint density at radius 2 is 1.05 bits per heavy atom. The Morgan fingerprint density at radius 3 is 1.53 bits per heavy atom. The lowest BCUT2D eigenvalue weighted by molar-refractivity contribution is -0.135. The van der Waals surface area contributed by atoms with Crippen LogP contribution in [-0.4, -0.2) is 35.6 Å². The smallest absolute Gasteiger partial charge is 0.334 e. The zero-order valence-electron chi connectivity index (χ0n) is 20.2. The zero-order valence-corrected chi connectivity index (χ0v) is 20.2. The molecule has 5 rings (SSSR count). The molecule has 0 fully saturated rings. The predicted octanol–water partition coefficient (Wildman–Crippen LogP) is 3.68. The topological polar surface area (TPSA) is 104 Å². The molecule has 0 aromatic heterocycles. The molecule has 2 heterocycles. The van der Waals surface area contributed by atoms with Gasteiger partial charge in [-0.3, -0.25) is 19.2 Å². The van der Waals surface area contributed by atoms with Crippen LogP contribution in [0.1, 0.15) is 6.92 Å². The first-order valence-electron chi connectivity index (χ1n) is 11.7. The molecule has 0 radical (unpaired) electrons. The third-order valence-corrected chi connectivity index (χ3v) is 6.08. The first kappa shape index (κ1) is 24.4. The molecule has 0 N–H and O–H groups in total. The van der Waals surface area contributed by atoms with E-state index in [0.717, 1.165) is 15.5 Å². The standard InChI is InChI=1S/C29H21N3O6/c1-19(29(37)38-24-13-11-23(12-14-24)32-27(35)17-18-28(32)36)30(20-5-3-2-4-6-20)21-7-9-22(10-8-21)31-25(33)15-16-26(31)34/h2-19H,1H3/t19-/m0/s1. The van der Waals surface area contributed by atoms with Crippen molar-refractivity contribution in [3.05, 3.63) is 103 Å². The quantitative estimate of drug-likeness (QED) is 0.273. The Morgan fingerprint density at radius 1 is 0.632 bits per heavy atom. The van der Waals surface area contributed by atoms with E-state index in [4.69, 9.17) is 4.74 Å². The van der Waals surface area contributed by atoms with Crippen LogP contribution in [0.3, 0.4) is 0 Å². The van der Waals surface area contributed by atoms with E-state index >= 15 is 0 Å². The lowest BCUT2D eigenvalue weighted by atomic mass is 10.1. The first-order chi connectivity index (χ1) is 18.3. The van der Waals surface area contributed by atoms with Crippen molar-refractivity contribution in [3.8, 4) is 5.75 Å². The lowest BCUT2D eigenvalue weighted by Gasteiger charge is -2.30. The summed E-state index contributed by atoms with van der Waals surface area (Å²) in [4.78, 5) is 64.9. The van der Waals surface area contributed by atoms with Gasteiger partial charge in [0.25, 0.3) is 23.6 Å². The molecule has 0 saturated carbocycles. The highest BCUT2D eigenvalue weighted by Crippen LogP contribution is 2.31. The molecule has 3 aromatic carbocycles. The first-order valence-corrected chi connectivity index (χ1v) is 11.7. The van der Waals surface area contributed by atoms with Crippen molar-refractivity contribution in [2.45, 2.75) is 13.0 Å². The van der Waals surface area contributed by atoms with Gasteiger partial charge in [-0.25, -0.2) is 14.6 Å². The Bertz CT molecular complexity index is 1460. The molecule has 9 nitrogen and oxygen atoms in total.